The number of nitrogens with zero attached hydrogens (tertiary/aromatic N) is 2. The van der Waals surface area contributed by atoms with Crippen molar-refractivity contribution < 1.29 is 4.79 Å². The van der Waals surface area contributed by atoms with Crippen LogP contribution >= 0.6 is 0 Å². The first-order valence-corrected chi connectivity index (χ1v) is 8.37. The van der Waals surface area contributed by atoms with Gasteiger partial charge in [-0.2, -0.15) is 0 Å². The Morgan fingerprint density at radius 2 is 2.05 bits per heavy atom. The standard InChI is InChI=1S/C18H27N3O/c1-18(2)14-20(17(22)16-9-6-10-19-16)11-12-21(18)13-15-7-4-3-5-8-15/h3-5,7-8,16,19H,6,9-14H2,1-2H3. The van der Waals surface area contributed by atoms with Crippen LogP contribution in [-0.2, 0) is 11.3 Å². The maximum atomic E-state index is 12.6. The van der Waals surface area contributed by atoms with Gasteiger partial charge >= 0.3 is 0 Å². The Balaban J connectivity index is 1.63. The fraction of sp³-hybridized carbons (Fsp3) is 0.611. The monoisotopic (exact) mass is 301 g/mol. The van der Waals surface area contributed by atoms with Gasteiger partial charge in [0.25, 0.3) is 0 Å². The quantitative estimate of drug-likeness (QED) is 0.926. The zero-order valence-electron chi connectivity index (χ0n) is 13.7. The van der Waals surface area contributed by atoms with E-state index in [9.17, 15) is 4.79 Å². The van der Waals surface area contributed by atoms with E-state index in [1.807, 2.05) is 0 Å². The topological polar surface area (TPSA) is 35.6 Å². The van der Waals surface area contributed by atoms with Gasteiger partial charge < -0.3 is 10.2 Å². The lowest BCUT2D eigenvalue weighted by Crippen LogP contribution is -2.61. The van der Waals surface area contributed by atoms with Gasteiger partial charge in [0, 0.05) is 31.7 Å². The van der Waals surface area contributed by atoms with E-state index >= 15 is 0 Å². The van der Waals surface area contributed by atoms with Crippen molar-refractivity contribution in [3.8, 4) is 0 Å². The molecule has 2 aliphatic heterocycles. The Morgan fingerprint density at radius 3 is 2.68 bits per heavy atom. The SMILES string of the molecule is CC1(C)CN(C(=O)C2CCCN2)CCN1Cc1ccccc1. The van der Waals surface area contributed by atoms with Crippen molar-refractivity contribution in [3.05, 3.63) is 35.9 Å². The lowest BCUT2D eigenvalue weighted by atomic mass is 9.97. The molecule has 2 aliphatic rings. The maximum absolute atomic E-state index is 12.6. The van der Waals surface area contributed by atoms with E-state index < -0.39 is 0 Å². The molecule has 2 fully saturated rings. The maximum Gasteiger partial charge on any atom is 0.239 e. The molecule has 0 aromatic heterocycles. The summed E-state index contributed by atoms with van der Waals surface area (Å²) in [6, 6.07) is 10.6. The first-order valence-electron chi connectivity index (χ1n) is 8.37. The van der Waals surface area contributed by atoms with Crippen molar-refractivity contribution >= 4 is 5.91 Å². The fourth-order valence-corrected chi connectivity index (χ4v) is 3.59. The first-order chi connectivity index (χ1) is 10.6. The average Bonchev–Trinajstić information content (AvgIpc) is 3.03. The Bertz CT molecular complexity index is 508. The molecule has 0 radical (unpaired) electrons. The van der Waals surface area contributed by atoms with Gasteiger partial charge in [-0.1, -0.05) is 30.3 Å². The molecule has 22 heavy (non-hydrogen) atoms. The number of hydrogen-bond acceptors (Lipinski definition) is 3. The summed E-state index contributed by atoms with van der Waals surface area (Å²) in [5.74, 6) is 0.296. The van der Waals surface area contributed by atoms with Gasteiger partial charge in [0.05, 0.1) is 6.04 Å². The predicted octanol–water partition coefficient (Wildman–Crippen LogP) is 1.86. The third kappa shape index (κ3) is 3.33. The number of benzene rings is 1. The highest BCUT2D eigenvalue weighted by Crippen LogP contribution is 2.24. The normalized spacial score (nSPS) is 25.4. The van der Waals surface area contributed by atoms with E-state index in [2.05, 4.69) is 59.3 Å². The Labute approximate surface area is 133 Å². The van der Waals surface area contributed by atoms with Crippen LogP contribution < -0.4 is 5.32 Å². The minimum absolute atomic E-state index is 0.0162. The number of hydrogen-bond donors (Lipinski definition) is 1. The van der Waals surface area contributed by atoms with Crippen LogP contribution in [0.15, 0.2) is 30.3 Å². The van der Waals surface area contributed by atoms with Gasteiger partial charge in [-0.15, -0.1) is 0 Å². The van der Waals surface area contributed by atoms with Crippen LogP contribution in [0.4, 0.5) is 0 Å². The molecule has 4 nitrogen and oxygen atoms in total. The second-order valence-electron chi connectivity index (χ2n) is 7.13. The van der Waals surface area contributed by atoms with Crippen LogP contribution in [-0.4, -0.2) is 53.5 Å². The fourth-order valence-electron chi connectivity index (χ4n) is 3.59. The minimum Gasteiger partial charge on any atom is -0.338 e. The number of rotatable bonds is 3. The van der Waals surface area contributed by atoms with Crippen molar-refractivity contribution in [1.82, 2.24) is 15.1 Å². The summed E-state index contributed by atoms with van der Waals surface area (Å²) in [4.78, 5) is 17.2. The molecule has 120 valence electrons. The first kappa shape index (κ1) is 15.5. The molecule has 1 N–H and O–H groups in total. The molecule has 1 unspecified atom stereocenters. The third-order valence-corrected chi connectivity index (χ3v) is 4.96. The molecule has 1 aromatic carbocycles. The van der Waals surface area contributed by atoms with Crippen LogP contribution in [0.25, 0.3) is 0 Å². The number of carbonyl (C=O) groups excluding carboxylic acids is 1. The van der Waals surface area contributed by atoms with Gasteiger partial charge in [-0.25, -0.2) is 0 Å². The van der Waals surface area contributed by atoms with Crippen LogP contribution in [0.3, 0.4) is 0 Å². The van der Waals surface area contributed by atoms with Gasteiger partial charge in [0.2, 0.25) is 5.91 Å². The molecule has 0 bridgehead atoms. The highest BCUT2D eigenvalue weighted by molar-refractivity contribution is 5.82. The Hall–Kier alpha value is -1.39. The van der Waals surface area contributed by atoms with E-state index in [1.165, 1.54) is 5.56 Å². The van der Waals surface area contributed by atoms with Crippen molar-refractivity contribution in [3.63, 3.8) is 0 Å². The molecule has 1 atom stereocenters. The molecular formula is C18H27N3O. The van der Waals surface area contributed by atoms with Gasteiger partial charge in [-0.05, 0) is 38.8 Å². The van der Waals surface area contributed by atoms with Crippen molar-refractivity contribution in [1.29, 1.82) is 0 Å². The third-order valence-electron chi connectivity index (χ3n) is 4.96. The summed E-state index contributed by atoms with van der Waals surface area (Å²) < 4.78 is 0. The molecule has 0 aliphatic carbocycles. The Morgan fingerprint density at radius 1 is 1.27 bits per heavy atom. The van der Waals surface area contributed by atoms with Crippen LogP contribution in [0.2, 0.25) is 0 Å². The molecule has 1 aromatic rings. The van der Waals surface area contributed by atoms with Crippen LogP contribution in [0, 0.1) is 0 Å². The number of amides is 1. The Kier molecular flexibility index (Phi) is 4.50. The lowest BCUT2D eigenvalue weighted by molar-refractivity contribution is -0.138. The highest BCUT2D eigenvalue weighted by atomic mass is 16.2. The smallest absolute Gasteiger partial charge is 0.239 e. The summed E-state index contributed by atoms with van der Waals surface area (Å²) in [7, 11) is 0. The summed E-state index contributed by atoms with van der Waals surface area (Å²) in [6.07, 6.45) is 2.11. The number of piperazine rings is 1. The zero-order valence-corrected chi connectivity index (χ0v) is 13.7. The van der Waals surface area contributed by atoms with Crippen molar-refractivity contribution in [2.75, 3.05) is 26.2 Å². The molecule has 3 rings (SSSR count). The van der Waals surface area contributed by atoms with Crippen molar-refractivity contribution in [2.45, 2.75) is 44.8 Å². The molecule has 4 heteroatoms. The molecule has 2 saturated heterocycles. The summed E-state index contributed by atoms with van der Waals surface area (Å²) in [5, 5.41) is 3.33. The van der Waals surface area contributed by atoms with Gasteiger partial charge in [0.15, 0.2) is 0 Å². The average molecular weight is 301 g/mol. The van der Waals surface area contributed by atoms with Crippen molar-refractivity contribution in [2.24, 2.45) is 0 Å². The molecule has 0 saturated carbocycles. The summed E-state index contributed by atoms with van der Waals surface area (Å²) in [6.45, 7) is 9.03. The van der Waals surface area contributed by atoms with E-state index in [-0.39, 0.29) is 11.6 Å². The second kappa shape index (κ2) is 6.39. The zero-order chi connectivity index (χ0) is 15.6. The molecule has 2 heterocycles. The summed E-state index contributed by atoms with van der Waals surface area (Å²) in [5.41, 5.74) is 1.36. The van der Waals surface area contributed by atoms with Gasteiger partial charge in [-0.3, -0.25) is 9.69 Å². The van der Waals surface area contributed by atoms with Crippen LogP contribution in [0.1, 0.15) is 32.3 Å². The molecule has 1 amide bonds. The van der Waals surface area contributed by atoms with Crippen LogP contribution in [0.5, 0.6) is 0 Å². The highest BCUT2D eigenvalue weighted by Gasteiger charge is 2.37. The number of carbonyl (C=O) groups is 1. The molecular weight excluding hydrogens is 274 g/mol. The summed E-state index contributed by atoms with van der Waals surface area (Å²) >= 11 is 0. The largest absolute Gasteiger partial charge is 0.338 e. The second-order valence-corrected chi connectivity index (χ2v) is 7.13. The van der Waals surface area contributed by atoms with E-state index in [0.29, 0.717) is 5.91 Å². The molecule has 0 spiro atoms. The van der Waals surface area contributed by atoms with E-state index in [4.69, 9.17) is 0 Å². The number of nitrogens with one attached hydrogen (secondary N) is 1. The lowest BCUT2D eigenvalue weighted by Gasteiger charge is -2.47. The van der Waals surface area contributed by atoms with Gasteiger partial charge in [0.1, 0.15) is 0 Å². The predicted molar refractivity (Wildman–Crippen MR) is 88.5 cm³/mol. The minimum atomic E-state index is 0.0162. The van der Waals surface area contributed by atoms with E-state index in [1.54, 1.807) is 0 Å². The van der Waals surface area contributed by atoms with E-state index in [0.717, 1.165) is 45.6 Å².